The fraction of sp³-hybridized carbons (Fsp3) is 0.636. The van der Waals surface area contributed by atoms with Crippen LogP contribution in [0.2, 0.25) is 0 Å². The van der Waals surface area contributed by atoms with Crippen LogP contribution in [-0.4, -0.2) is 34.8 Å². The van der Waals surface area contributed by atoms with Crippen molar-refractivity contribution in [2.75, 3.05) is 24.5 Å². The molecular weight excluding hydrogens is 234 g/mol. The molecule has 7 heteroatoms. The maximum atomic E-state index is 8.78. The number of hydrogen-bond acceptors (Lipinski definition) is 7. The zero-order valence-corrected chi connectivity index (χ0v) is 10.8. The molecule has 0 aliphatic carbocycles. The summed E-state index contributed by atoms with van der Waals surface area (Å²) in [6.07, 6.45) is 1.62. The average Bonchev–Trinajstić information content (AvgIpc) is 2.36. The first-order valence-electron chi connectivity index (χ1n) is 5.90. The molecule has 0 radical (unpaired) electrons. The summed E-state index contributed by atoms with van der Waals surface area (Å²) in [5, 5.41) is 12.0. The zero-order chi connectivity index (χ0) is 13.4. The quantitative estimate of drug-likeness (QED) is 0.395. The van der Waals surface area contributed by atoms with Crippen LogP contribution in [0.25, 0.3) is 0 Å². The number of ether oxygens (including phenoxy) is 1. The monoisotopic (exact) mass is 255 g/mol. The van der Waals surface area contributed by atoms with Crippen LogP contribution < -0.4 is 16.6 Å². The van der Waals surface area contributed by atoms with Gasteiger partial charge in [0.05, 0.1) is 0 Å². The lowest BCUT2D eigenvalue weighted by Gasteiger charge is -2.15. The maximum absolute atomic E-state index is 8.78. The molecule has 1 unspecified atom stereocenters. The normalized spacial score (nSPS) is 12.2. The summed E-state index contributed by atoms with van der Waals surface area (Å²) < 4.78 is 5.00. The van der Waals surface area contributed by atoms with Gasteiger partial charge < -0.3 is 20.6 Å². The molecule has 0 aliphatic heterocycles. The van der Waals surface area contributed by atoms with Gasteiger partial charge >= 0.3 is 0 Å². The summed E-state index contributed by atoms with van der Waals surface area (Å²) >= 11 is 0. The van der Waals surface area contributed by atoms with Crippen molar-refractivity contribution in [3.05, 3.63) is 11.9 Å². The van der Waals surface area contributed by atoms with Gasteiger partial charge in [0.25, 0.3) is 0 Å². The first kappa shape index (κ1) is 14.6. The lowest BCUT2D eigenvalue weighted by Crippen LogP contribution is -2.18. The molecule has 1 rings (SSSR count). The van der Waals surface area contributed by atoms with Crippen molar-refractivity contribution in [1.29, 1.82) is 0 Å². The lowest BCUT2D eigenvalue weighted by atomic mass is 10.2. The van der Waals surface area contributed by atoms with Crippen LogP contribution in [-0.2, 0) is 11.3 Å². The van der Waals surface area contributed by atoms with E-state index >= 15 is 0 Å². The van der Waals surface area contributed by atoms with Crippen molar-refractivity contribution in [2.45, 2.75) is 32.4 Å². The number of nitrogens with two attached hydrogens (primary N) is 1. The number of hydrazine groups is 1. The minimum atomic E-state index is 0.195. The van der Waals surface area contributed by atoms with Crippen molar-refractivity contribution >= 4 is 11.6 Å². The molecule has 0 aliphatic rings. The molecule has 5 N–H and O–H groups in total. The molecule has 102 valence electrons. The third-order valence-corrected chi connectivity index (χ3v) is 2.38. The summed E-state index contributed by atoms with van der Waals surface area (Å²) in [6, 6.07) is 1.95. The molecule has 18 heavy (non-hydrogen) atoms. The van der Waals surface area contributed by atoms with E-state index in [4.69, 9.17) is 15.7 Å². The maximum Gasteiger partial charge on any atom is 0.158 e. The van der Waals surface area contributed by atoms with Crippen molar-refractivity contribution in [1.82, 2.24) is 9.97 Å². The van der Waals surface area contributed by atoms with Crippen molar-refractivity contribution < 1.29 is 9.84 Å². The van der Waals surface area contributed by atoms with Crippen LogP contribution in [0.4, 0.5) is 11.6 Å². The van der Waals surface area contributed by atoms with E-state index in [-0.39, 0.29) is 12.6 Å². The molecule has 0 spiro atoms. The summed E-state index contributed by atoms with van der Waals surface area (Å²) in [5.74, 6) is 7.14. The van der Waals surface area contributed by atoms with Crippen LogP contribution in [0.15, 0.2) is 6.07 Å². The first-order chi connectivity index (χ1) is 8.69. The number of nitrogens with one attached hydrogen (secondary N) is 2. The third kappa shape index (κ3) is 4.82. The Morgan fingerprint density at radius 2 is 2.17 bits per heavy atom. The Hall–Kier alpha value is -1.44. The minimum Gasteiger partial charge on any atom is -0.396 e. The highest BCUT2D eigenvalue weighted by molar-refractivity contribution is 5.47. The first-order valence-corrected chi connectivity index (χ1v) is 5.90. The number of nitrogen functional groups attached to an aromatic ring is 1. The van der Waals surface area contributed by atoms with Gasteiger partial charge in [-0.1, -0.05) is 0 Å². The van der Waals surface area contributed by atoms with Gasteiger partial charge in [0.1, 0.15) is 18.2 Å². The van der Waals surface area contributed by atoms with E-state index < -0.39 is 0 Å². The number of rotatable bonds is 8. The van der Waals surface area contributed by atoms with Crippen molar-refractivity contribution in [3.63, 3.8) is 0 Å². The molecular formula is C11H21N5O2. The highest BCUT2D eigenvalue weighted by atomic mass is 16.5. The summed E-state index contributed by atoms with van der Waals surface area (Å²) in [7, 11) is 1.59. The van der Waals surface area contributed by atoms with Crippen LogP contribution >= 0.6 is 0 Å². The van der Waals surface area contributed by atoms with Gasteiger partial charge in [-0.2, -0.15) is 0 Å². The Morgan fingerprint density at radius 3 is 2.78 bits per heavy atom. The number of aliphatic hydroxyl groups excluding tert-OH is 1. The lowest BCUT2D eigenvalue weighted by molar-refractivity contribution is 0.178. The Labute approximate surface area is 107 Å². The van der Waals surface area contributed by atoms with E-state index in [1.807, 2.05) is 6.92 Å². The van der Waals surface area contributed by atoms with Crippen LogP contribution in [0, 0.1) is 0 Å². The highest BCUT2D eigenvalue weighted by Crippen LogP contribution is 2.13. The largest absolute Gasteiger partial charge is 0.396 e. The second-order valence-corrected chi connectivity index (χ2v) is 4.04. The Morgan fingerprint density at radius 1 is 1.44 bits per heavy atom. The number of nitrogens with zero attached hydrogens (tertiary/aromatic N) is 2. The van der Waals surface area contributed by atoms with Gasteiger partial charge in [0.15, 0.2) is 5.82 Å². The van der Waals surface area contributed by atoms with Gasteiger partial charge in [0, 0.05) is 25.8 Å². The summed E-state index contributed by atoms with van der Waals surface area (Å²) in [6.45, 7) is 2.55. The van der Waals surface area contributed by atoms with E-state index in [0.717, 1.165) is 12.8 Å². The molecule has 0 saturated heterocycles. The number of anilines is 2. The summed E-state index contributed by atoms with van der Waals surface area (Å²) in [5.41, 5.74) is 2.50. The minimum absolute atomic E-state index is 0.195. The van der Waals surface area contributed by atoms with Gasteiger partial charge in [0.2, 0.25) is 0 Å². The zero-order valence-electron chi connectivity index (χ0n) is 10.8. The topological polar surface area (TPSA) is 105 Å². The Kier molecular flexibility index (Phi) is 6.34. The number of aliphatic hydroxyl groups is 1. The molecule has 0 fully saturated rings. The van der Waals surface area contributed by atoms with Gasteiger partial charge in [-0.15, -0.1) is 0 Å². The molecule has 1 heterocycles. The number of methoxy groups -OCH3 is 1. The molecule has 1 aromatic rings. The molecule has 7 nitrogen and oxygen atoms in total. The van der Waals surface area contributed by atoms with E-state index in [1.54, 1.807) is 13.2 Å². The second-order valence-electron chi connectivity index (χ2n) is 4.04. The number of aromatic nitrogens is 2. The molecule has 1 atom stereocenters. The van der Waals surface area contributed by atoms with E-state index in [1.165, 1.54) is 0 Å². The highest BCUT2D eigenvalue weighted by Gasteiger charge is 2.07. The van der Waals surface area contributed by atoms with Gasteiger partial charge in [-0.25, -0.2) is 15.8 Å². The Bertz CT molecular complexity index is 361. The smallest absolute Gasteiger partial charge is 0.158 e. The van der Waals surface area contributed by atoms with E-state index in [2.05, 4.69) is 20.7 Å². The SMILES string of the molecule is COCc1nc(NN)cc(NC(C)CCCO)n1. The van der Waals surface area contributed by atoms with Gasteiger partial charge in [-0.05, 0) is 19.8 Å². The number of hydrogen-bond donors (Lipinski definition) is 4. The van der Waals surface area contributed by atoms with Crippen molar-refractivity contribution in [2.24, 2.45) is 5.84 Å². The molecule has 1 aromatic heterocycles. The van der Waals surface area contributed by atoms with Gasteiger partial charge in [-0.3, -0.25) is 0 Å². The fourth-order valence-electron chi connectivity index (χ4n) is 1.56. The molecule has 0 bridgehead atoms. The second kappa shape index (κ2) is 7.80. The molecule has 0 amide bonds. The van der Waals surface area contributed by atoms with Crippen LogP contribution in [0.3, 0.4) is 0 Å². The van der Waals surface area contributed by atoms with E-state index in [9.17, 15) is 0 Å². The van der Waals surface area contributed by atoms with E-state index in [0.29, 0.717) is 24.1 Å². The van der Waals surface area contributed by atoms with Crippen molar-refractivity contribution in [3.8, 4) is 0 Å². The molecule has 0 aromatic carbocycles. The van der Waals surface area contributed by atoms with Crippen LogP contribution in [0.1, 0.15) is 25.6 Å². The predicted octanol–water partition coefficient (Wildman–Crippen LogP) is 0.481. The Balaban J connectivity index is 2.71. The average molecular weight is 255 g/mol. The van der Waals surface area contributed by atoms with Crippen LogP contribution in [0.5, 0.6) is 0 Å². The summed E-state index contributed by atoms with van der Waals surface area (Å²) in [4.78, 5) is 8.47. The third-order valence-electron chi connectivity index (χ3n) is 2.38. The predicted molar refractivity (Wildman–Crippen MR) is 70.0 cm³/mol. The standard InChI is InChI=1S/C11H21N5O2/c1-8(4-3-5-17)13-9-6-10(16-12)15-11(14-9)7-18-2/h6,8,17H,3-5,7,12H2,1-2H3,(H2,13,14,15,16). The molecule has 0 saturated carbocycles. The fourth-order valence-corrected chi connectivity index (χ4v) is 1.56.